The summed E-state index contributed by atoms with van der Waals surface area (Å²) in [5.74, 6) is 0.842. The molecule has 3 rings (SSSR count). The number of aromatic nitrogens is 2. The van der Waals surface area contributed by atoms with Crippen molar-refractivity contribution in [1.29, 1.82) is 0 Å². The van der Waals surface area contributed by atoms with Gasteiger partial charge in [-0.3, -0.25) is 4.79 Å². The largest absolute Gasteiger partial charge is 0.389 e. The molecule has 1 heterocycles. The monoisotopic (exact) mass is 341 g/mol. The molecule has 1 aromatic carbocycles. The van der Waals surface area contributed by atoms with E-state index < -0.39 is 5.60 Å². The standard InChI is InChI=1S/C20H27N3O2/c1-22(19(24)14-20(25)10-6-3-7-11-20)16-18-21-12-13-23(18)15-17-8-4-2-5-9-17/h2,4-5,8-9,12-13,25H,3,6-7,10-11,14-16H2,1H3. The lowest BCUT2D eigenvalue weighted by Crippen LogP contribution is -2.39. The van der Waals surface area contributed by atoms with Crippen molar-refractivity contribution in [3.05, 3.63) is 54.1 Å². The van der Waals surface area contributed by atoms with Gasteiger partial charge in [0, 0.05) is 26.0 Å². The molecular formula is C20H27N3O2. The number of imidazole rings is 1. The molecule has 25 heavy (non-hydrogen) atoms. The molecule has 1 aliphatic rings. The zero-order valence-corrected chi connectivity index (χ0v) is 14.9. The third-order valence-corrected chi connectivity index (χ3v) is 5.07. The molecule has 1 fully saturated rings. The second-order valence-corrected chi connectivity index (χ2v) is 7.17. The third kappa shape index (κ3) is 4.69. The molecular weight excluding hydrogens is 314 g/mol. The maximum Gasteiger partial charge on any atom is 0.225 e. The first-order valence-corrected chi connectivity index (χ1v) is 9.06. The van der Waals surface area contributed by atoms with Crippen molar-refractivity contribution in [3.8, 4) is 0 Å². The van der Waals surface area contributed by atoms with Crippen LogP contribution in [-0.4, -0.2) is 38.1 Å². The van der Waals surface area contributed by atoms with E-state index in [0.29, 0.717) is 6.54 Å². The molecule has 0 radical (unpaired) electrons. The van der Waals surface area contributed by atoms with Gasteiger partial charge >= 0.3 is 0 Å². The Morgan fingerprint density at radius 1 is 1.24 bits per heavy atom. The second kappa shape index (κ2) is 7.83. The molecule has 1 amide bonds. The van der Waals surface area contributed by atoms with Crippen LogP contribution in [0.1, 0.15) is 49.9 Å². The second-order valence-electron chi connectivity index (χ2n) is 7.17. The lowest BCUT2D eigenvalue weighted by atomic mass is 9.82. The van der Waals surface area contributed by atoms with Gasteiger partial charge in [-0.05, 0) is 18.4 Å². The summed E-state index contributed by atoms with van der Waals surface area (Å²) >= 11 is 0. The third-order valence-electron chi connectivity index (χ3n) is 5.07. The average molecular weight is 341 g/mol. The number of carbonyl (C=O) groups is 1. The fraction of sp³-hybridized carbons (Fsp3) is 0.500. The quantitative estimate of drug-likeness (QED) is 0.879. The molecule has 1 saturated carbocycles. The van der Waals surface area contributed by atoms with Crippen LogP contribution in [0.15, 0.2) is 42.7 Å². The van der Waals surface area contributed by atoms with Gasteiger partial charge in [-0.25, -0.2) is 4.98 Å². The van der Waals surface area contributed by atoms with Gasteiger partial charge in [-0.2, -0.15) is 0 Å². The van der Waals surface area contributed by atoms with Gasteiger partial charge in [-0.15, -0.1) is 0 Å². The predicted molar refractivity (Wildman–Crippen MR) is 96.9 cm³/mol. The minimum Gasteiger partial charge on any atom is -0.389 e. The van der Waals surface area contributed by atoms with Crippen molar-refractivity contribution in [3.63, 3.8) is 0 Å². The predicted octanol–water partition coefficient (Wildman–Crippen LogP) is 2.98. The van der Waals surface area contributed by atoms with Crippen molar-refractivity contribution < 1.29 is 9.90 Å². The van der Waals surface area contributed by atoms with Gasteiger partial charge in [0.05, 0.1) is 18.6 Å². The van der Waals surface area contributed by atoms with Gasteiger partial charge in [0.25, 0.3) is 0 Å². The van der Waals surface area contributed by atoms with Gasteiger partial charge < -0.3 is 14.6 Å². The highest BCUT2D eigenvalue weighted by Crippen LogP contribution is 2.31. The topological polar surface area (TPSA) is 58.4 Å². The summed E-state index contributed by atoms with van der Waals surface area (Å²) in [6.45, 7) is 1.19. The van der Waals surface area contributed by atoms with E-state index >= 15 is 0 Å². The van der Waals surface area contributed by atoms with Crippen LogP contribution in [0.4, 0.5) is 0 Å². The Morgan fingerprint density at radius 3 is 2.68 bits per heavy atom. The van der Waals surface area contributed by atoms with Crippen molar-refractivity contribution in [2.75, 3.05) is 7.05 Å². The minimum atomic E-state index is -0.816. The van der Waals surface area contributed by atoms with Gasteiger partial charge in [0.1, 0.15) is 5.82 Å². The van der Waals surface area contributed by atoms with E-state index in [1.54, 1.807) is 18.1 Å². The normalized spacial score (nSPS) is 16.6. The van der Waals surface area contributed by atoms with E-state index in [0.717, 1.165) is 44.5 Å². The molecule has 0 saturated heterocycles. The highest BCUT2D eigenvalue weighted by Gasteiger charge is 2.32. The van der Waals surface area contributed by atoms with E-state index in [4.69, 9.17) is 0 Å². The van der Waals surface area contributed by atoms with Crippen LogP contribution < -0.4 is 0 Å². The van der Waals surface area contributed by atoms with Gasteiger partial charge in [0.2, 0.25) is 5.91 Å². The molecule has 1 aliphatic carbocycles. The maximum atomic E-state index is 12.5. The fourth-order valence-corrected chi connectivity index (χ4v) is 3.52. The van der Waals surface area contributed by atoms with E-state index in [2.05, 4.69) is 21.7 Å². The van der Waals surface area contributed by atoms with E-state index in [-0.39, 0.29) is 12.3 Å². The number of nitrogens with zero attached hydrogens (tertiary/aromatic N) is 3. The van der Waals surface area contributed by atoms with E-state index in [9.17, 15) is 9.90 Å². The first-order chi connectivity index (χ1) is 12.1. The van der Waals surface area contributed by atoms with E-state index in [1.165, 1.54) is 5.56 Å². The van der Waals surface area contributed by atoms with Crippen LogP contribution in [0, 0.1) is 0 Å². The Bertz CT molecular complexity index is 690. The highest BCUT2D eigenvalue weighted by molar-refractivity contribution is 5.76. The van der Waals surface area contributed by atoms with Crippen LogP contribution in [-0.2, 0) is 17.9 Å². The Hall–Kier alpha value is -2.14. The van der Waals surface area contributed by atoms with Crippen LogP contribution in [0.3, 0.4) is 0 Å². The number of amides is 1. The summed E-state index contributed by atoms with van der Waals surface area (Å²) in [4.78, 5) is 18.6. The molecule has 5 nitrogen and oxygen atoms in total. The smallest absolute Gasteiger partial charge is 0.225 e. The zero-order valence-electron chi connectivity index (χ0n) is 14.9. The first kappa shape index (κ1) is 17.7. The summed E-state index contributed by atoms with van der Waals surface area (Å²) in [5.41, 5.74) is 0.385. The number of benzene rings is 1. The minimum absolute atomic E-state index is 0.0151. The summed E-state index contributed by atoms with van der Waals surface area (Å²) in [7, 11) is 1.79. The fourth-order valence-electron chi connectivity index (χ4n) is 3.52. The molecule has 0 bridgehead atoms. The van der Waals surface area contributed by atoms with Crippen molar-refractivity contribution in [1.82, 2.24) is 14.5 Å². The van der Waals surface area contributed by atoms with Crippen LogP contribution in [0.5, 0.6) is 0 Å². The Kier molecular flexibility index (Phi) is 5.53. The van der Waals surface area contributed by atoms with Crippen molar-refractivity contribution in [2.24, 2.45) is 0 Å². The summed E-state index contributed by atoms with van der Waals surface area (Å²) < 4.78 is 2.06. The lowest BCUT2D eigenvalue weighted by Gasteiger charge is -2.32. The van der Waals surface area contributed by atoms with Gasteiger partial charge in [0.15, 0.2) is 0 Å². The molecule has 2 aromatic rings. The number of carbonyl (C=O) groups excluding carboxylic acids is 1. The van der Waals surface area contributed by atoms with Crippen LogP contribution >= 0.6 is 0 Å². The maximum absolute atomic E-state index is 12.5. The Balaban J connectivity index is 1.60. The molecule has 134 valence electrons. The van der Waals surface area contributed by atoms with Gasteiger partial charge in [-0.1, -0.05) is 49.6 Å². The molecule has 5 heteroatoms. The first-order valence-electron chi connectivity index (χ1n) is 9.06. The van der Waals surface area contributed by atoms with Crippen LogP contribution in [0.2, 0.25) is 0 Å². The molecule has 0 spiro atoms. The number of aliphatic hydroxyl groups is 1. The molecule has 1 aromatic heterocycles. The highest BCUT2D eigenvalue weighted by atomic mass is 16.3. The Morgan fingerprint density at radius 2 is 1.96 bits per heavy atom. The zero-order chi connectivity index (χ0) is 17.7. The number of hydrogen-bond donors (Lipinski definition) is 1. The molecule has 0 aliphatic heterocycles. The average Bonchev–Trinajstić information content (AvgIpc) is 3.03. The SMILES string of the molecule is CN(Cc1nccn1Cc1ccccc1)C(=O)CC1(O)CCCCC1. The number of hydrogen-bond acceptors (Lipinski definition) is 3. The molecule has 0 atom stereocenters. The summed E-state index contributed by atoms with van der Waals surface area (Å²) in [6, 6.07) is 10.2. The lowest BCUT2D eigenvalue weighted by molar-refractivity contribution is -0.137. The van der Waals surface area contributed by atoms with Crippen molar-refractivity contribution >= 4 is 5.91 Å². The van der Waals surface area contributed by atoms with E-state index in [1.807, 2.05) is 24.4 Å². The number of rotatable bonds is 6. The molecule has 0 unspecified atom stereocenters. The molecule has 1 N–H and O–H groups in total. The Labute approximate surface area is 149 Å². The van der Waals surface area contributed by atoms with Crippen molar-refractivity contribution in [2.45, 2.75) is 57.2 Å². The van der Waals surface area contributed by atoms with Crippen LogP contribution in [0.25, 0.3) is 0 Å². The summed E-state index contributed by atoms with van der Waals surface area (Å²) in [6.07, 6.45) is 8.56. The summed E-state index contributed by atoms with van der Waals surface area (Å²) in [5, 5.41) is 10.6.